The number of hydrogen-bond donors (Lipinski definition) is 1. The van der Waals surface area contributed by atoms with Crippen molar-refractivity contribution in [2.75, 3.05) is 11.9 Å². The Morgan fingerprint density at radius 3 is 2.88 bits per heavy atom. The molecule has 1 amide bonds. The van der Waals surface area contributed by atoms with Crippen LogP contribution in [0.5, 0.6) is 5.75 Å². The van der Waals surface area contributed by atoms with Crippen LogP contribution in [0.3, 0.4) is 0 Å². The highest BCUT2D eigenvalue weighted by atomic mass is 16.5. The molecular formula is C18H18N4O2. The molecule has 1 aromatic carbocycles. The summed E-state index contributed by atoms with van der Waals surface area (Å²) in [6, 6.07) is 12.9. The molecule has 0 unspecified atom stereocenters. The monoisotopic (exact) mass is 322 g/mol. The lowest BCUT2D eigenvalue weighted by molar-refractivity contribution is 0.102. The lowest BCUT2D eigenvalue weighted by Crippen LogP contribution is -2.13. The first-order chi connectivity index (χ1) is 11.7. The van der Waals surface area contributed by atoms with E-state index in [1.165, 1.54) is 0 Å². The van der Waals surface area contributed by atoms with Gasteiger partial charge in [0.05, 0.1) is 24.1 Å². The second kappa shape index (κ2) is 6.95. The van der Waals surface area contributed by atoms with Gasteiger partial charge in [-0.15, -0.1) is 0 Å². The fraction of sp³-hybridized carbons (Fsp3) is 0.167. The van der Waals surface area contributed by atoms with Gasteiger partial charge in [-0.05, 0) is 38.1 Å². The van der Waals surface area contributed by atoms with Crippen molar-refractivity contribution in [2.24, 2.45) is 0 Å². The molecule has 0 saturated heterocycles. The van der Waals surface area contributed by atoms with Gasteiger partial charge < -0.3 is 10.1 Å². The summed E-state index contributed by atoms with van der Waals surface area (Å²) in [5.74, 6) is 1.17. The van der Waals surface area contributed by atoms with Crippen LogP contribution in [-0.2, 0) is 0 Å². The van der Waals surface area contributed by atoms with Gasteiger partial charge in [-0.1, -0.05) is 12.1 Å². The Morgan fingerprint density at radius 2 is 2.12 bits per heavy atom. The van der Waals surface area contributed by atoms with Gasteiger partial charge in [0.15, 0.2) is 5.82 Å². The van der Waals surface area contributed by atoms with Crippen molar-refractivity contribution in [3.8, 4) is 11.6 Å². The Kier molecular flexibility index (Phi) is 4.56. The van der Waals surface area contributed by atoms with Gasteiger partial charge in [0, 0.05) is 18.0 Å². The molecule has 6 heteroatoms. The van der Waals surface area contributed by atoms with E-state index in [2.05, 4.69) is 15.4 Å². The van der Waals surface area contributed by atoms with Gasteiger partial charge in [-0.3, -0.25) is 4.79 Å². The molecule has 0 saturated carbocycles. The third-order valence-corrected chi connectivity index (χ3v) is 3.52. The van der Waals surface area contributed by atoms with Crippen molar-refractivity contribution in [2.45, 2.75) is 13.8 Å². The van der Waals surface area contributed by atoms with Crippen molar-refractivity contribution in [3.05, 3.63) is 66.1 Å². The number of nitrogens with one attached hydrogen (secondary N) is 1. The van der Waals surface area contributed by atoms with Crippen LogP contribution in [0, 0.1) is 6.92 Å². The molecule has 3 aromatic rings. The number of ether oxygens (including phenoxy) is 1. The first-order valence-electron chi connectivity index (χ1n) is 7.69. The zero-order valence-corrected chi connectivity index (χ0v) is 13.6. The maximum absolute atomic E-state index is 12.5. The molecule has 2 aromatic heterocycles. The van der Waals surface area contributed by atoms with Gasteiger partial charge in [0.1, 0.15) is 5.75 Å². The van der Waals surface area contributed by atoms with E-state index in [9.17, 15) is 4.79 Å². The molecule has 0 atom stereocenters. The summed E-state index contributed by atoms with van der Waals surface area (Å²) in [6.45, 7) is 4.33. The number of pyridine rings is 1. The highest BCUT2D eigenvalue weighted by molar-refractivity contribution is 6.05. The Balaban J connectivity index is 1.81. The number of aromatic nitrogens is 3. The van der Waals surface area contributed by atoms with E-state index in [-0.39, 0.29) is 5.91 Å². The molecule has 0 radical (unpaired) electrons. The Labute approximate surface area is 140 Å². The molecule has 0 aliphatic carbocycles. The largest absolute Gasteiger partial charge is 0.494 e. The van der Waals surface area contributed by atoms with E-state index in [4.69, 9.17) is 4.74 Å². The lowest BCUT2D eigenvalue weighted by atomic mass is 10.2. The summed E-state index contributed by atoms with van der Waals surface area (Å²) in [5.41, 5.74) is 1.91. The fourth-order valence-corrected chi connectivity index (χ4v) is 2.37. The average molecular weight is 322 g/mol. The van der Waals surface area contributed by atoms with Gasteiger partial charge in [-0.2, -0.15) is 5.10 Å². The van der Waals surface area contributed by atoms with Crippen LogP contribution in [0.4, 0.5) is 5.69 Å². The lowest BCUT2D eigenvalue weighted by Gasteiger charge is -2.08. The quantitative estimate of drug-likeness (QED) is 0.783. The molecule has 0 aliphatic heterocycles. The number of rotatable bonds is 5. The van der Waals surface area contributed by atoms with E-state index >= 15 is 0 Å². The van der Waals surface area contributed by atoms with Crippen LogP contribution in [0.2, 0.25) is 0 Å². The zero-order valence-electron chi connectivity index (χ0n) is 13.6. The molecule has 6 nitrogen and oxygen atoms in total. The maximum Gasteiger partial charge on any atom is 0.259 e. The van der Waals surface area contributed by atoms with Crippen LogP contribution < -0.4 is 10.1 Å². The second-order valence-electron chi connectivity index (χ2n) is 5.16. The second-order valence-corrected chi connectivity index (χ2v) is 5.16. The smallest absolute Gasteiger partial charge is 0.259 e. The minimum absolute atomic E-state index is 0.219. The molecule has 24 heavy (non-hydrogen) atoms. The molecule has 0 fully saturated rings. The first kappa shape index (κ1) is 15.7. The maximum atomic E-state index is 12.5. The SMILES string of the molecule is CCOc1cccc(NC(=O)c2cnn(-c3ccccn3)c2C)c1. The fourth-order valence-electron chi connectivity index (χ4n) is 2.37. The van der Waals surface area contributed by atoms with E-state index in [0.717, 1.165) is 11.4 Å². The topological polar surface area (TPSA) is 69.0 Å². The number of carbonyl (C=O) groups excluding carboxylic acids is 1. The summed E-state index contributed by atoms with van der Waals surface area (Å²) >= 11 is 0. The molecular weight excluding hydrogens is 304 g/mol. The summed E-state index contributed by atoms with van der Waals surface area (Å²) in [6.07, 6.45) is 3.24. The van der Waals surface area contributed by atoms with Crippen LogP contribution in [0.25, 0.3) is 5.82 Å². The average Bonchev–Trinajstić information content (AvgIpc) is 2.98. The number of nitrogens with zero attached hydrogens (tertiary/aromatic N) is 3. The van der Waals surface area contributed by atoms with Gasteiger partial charge >= 0.3 is 0 Å². The van der Waals surface area contributed by atoms with E-state index < -0.39 is 0 Å². The molecule has 2 heterocycles. The summed E-state index contributed by atoms with van der Waals surface area (Å²) in [7, 11) is 0. The normalized spacial score (nSPS) is 10.4. The van der Waals surface area contributed by atoms with Crippen molar-refractivity contribution in [3.63, 3.8) is 0 Å². The van der Waals surface area contributed by atoms with Crippen LogP contribution in [-0.4, -0.2) is 27.3 Å². The van der Waals surface area contributed by atoms with Crippen molar-refractivity contribution in [1.29, 1.82) is 0 Å². The van der Waals surface area contributed by atoms with Crippen LogP contribution in [0.1, 0.15) is 23.0 Å². The standard InChI is InChI=1S/C18H18N4O2/c1-3-24-15-8-6-7-14(11-15)21-18(23)16-12-20-22(13(16)2)17-9-4-5-10-19-17/h4-12H,3H2,1-2H3,(H,21,23). The Hall–Kier alpha value is -3.15. The predicted molar refractivity (Wildman–Crippen MR) is 91.7 cm³/mol. The van der Waals surface area contributed by atoms with Crippen LogP contribution >= 0.6 is 0 Å². The Bertz CT molecular complexity index is 843. The highest BCUT2D eigenvalue weighted by Gasteiger charge is 2.16. The zero-order chi connectivity index (χ0) is 16.9. The van der Waals surface area contributed by atoms with Gasteiger partial charge in [0.2, 0.25) is 0 Å². The third-order valence-electron chi connectivity index (χ3n) is 3.52. The van der Waals surface area contributed by atoms with E-state index in [1.807, 2.05) is 50.2 Å². The molecule has 3 rings (SSSR count). The summed E-state index contributed by atoms with van der Waals surface area (Å²) in [5, 5.41) is 7.13. The van der Waals surface area contributed by atoms with Crippen molar-refractivity contribution in [1.82, 2.24) is 14.8 Å². The molecule has 1 N–H and O–H groups in total. The van der Waals surface area contributed by atoms with Gasteiger partial charge in [0.25, 0.3) is 5.91 Å². The minimum atomic E-state index is -0.219. The first-order valence-corrected chi connectivity index (χ1v) is 7.69. The summed E-state index contributed by atoms with van der Waals surface area (Å²) < 4.78 is 7.09. The van der Waals surface area contributed by atoms with Crippen molar-refractivity contribution < 1.29 is 9.53 Å². The number of hydrogen-bond acceptors (Lipinski definition) is 4. The predicted octanol–water partition coefficient (Wildman–Crippen LogP) is 3.23. The number of benzene rings is 1. The molecule has 0 spiro atoms. The van der Waals surface area contributed by atoms with Gasteiger partial charge in [-0.25, -0.2) is 9.67 Å². The molecule has 122 valence electrons. The Morgan fingerprint density at radius 1 is 1.25 bits per heavy atom. The minimum Gasteiger partial charge on any atom is -0.494 e. The molecule has 0 aliphatic rings. The van der Waals surface area contributed by atoms with Crippen molar-refractivity contribution >= 4 is 11.6 Å². The van der Waals surface area contributed by atoms with E-state index in [0.29, 0.717) is 23.7 Å². The number of carbonyl (C=O) groups is 1. The van der Waals surface area contributed by atoms with Crippen LogP contribution in [0.15, 0.2) is 54.9 Å². The molecule has 0 bridgehead atoms. The van der Waals surface area contributed by atoms with E-state index in [1.54, 1.807) is 23.1 Å². The summed E-state index contributed by atoms with van der Waals surface area (Å²) in [4.78, 5) is 16.8. The number of amides is 1. The highest BCUT2D eigenvalue weighted by Crippen LogP contribution is 2.19. The third kappa shape index (κ3) is 3.27. The number of anilines is 1.